The van der Waals surface area contributed by atoms with Gasteiger partial charge in [-0.15, -0.1) is 0 Å². The van der Waals surface area contributed by atoms with Gasteiger partial charge >= 0.3 is 6.09 Å². The van der Waals surface area contributed by atoms with Crippen molar-refractivity contribution < 1.29 is 27.7 Å². The molecule has 6 nitrogen and oxygen atoms in total. The molecule has 0 bridgehead atoms. The van der Waals surface area contributed by atoms with Crippen LogP contribution in [0.3, 0.4) is 0 Å². The van der Waals surface area contributed by atoms with Gasteiger partial charge in [0.1, 0.15) is 28.8 Å². The lowest BCUT2D eigenvalue weighted by molar-refractivity contribution is -0.121. The number of alkyl carbamates (subject to hydrolysis) is 1. The predicted octanol–water partition coefficient (Wildman–Crippen LogP) is 3.04. The number of hydrogen-bond donors (Lipinski definition) is 2. The van der Waals surface area contributed by atoms with Crippen molar-refractivity contribution in [3.63, 3.8) is 0 Å². The van der Waals surface area contributed by atoms with Crippen molar-refractivity contribution in [3.8, 4) is 0 Å². The van der Waals surface area contributed by atoms with Gasteiger partial charge in [0, 0.05) is 6.07 Å². The van der Waals surface area contributed by atoms with E-state index in [9.17, 15) is 22.9 Å². The summed E-state index contributed by atoms with van der Waals surface area (Å²) in [5, 5.41) is 2.41. The SMILES string of the molecule is CC(C)C[C@H](NC(=O)OC(C)(C)C)C(=O)N[S+]([O-])c1cc(F)ccc1F. The van der Waals surface area contributed by atoms with Crippen molar-refractivity contribution in [1.82, 2.24) is 10.0 Å². The van der Waals surface area contributed by atoms with E-state index in [1.165, 1.54) is 0 Å². The summed E-state index contributed by atoms with van der Waals surface area (Å²) in [4.78, 5) is 23.8. The Kier molecular flexibility index (Phi) is 7.83. The lowest BCUT2D eigenvalue weighted by Crippen LogP contribution is -2.50. The van der Waals surface area contributed by atoms with Crippen LogP contribution in [0.15, 0.2) is 23.1 Å². The molecule has 9 heteroatoms. The third-order valence-corrected chi connectivity index (χ3v) is 4.10. The minimum absolute atomic E-state index is 0.0278. The van der Waals surface area contributed by atoms with E-state index < -0.39 is 51.5 Å². The number of ether oxygens (including phenoxy) is 1. The lowest BCUT2D eigenvalue weighted by atomic mass is 10.0. The monoisotopic (exact) mass is 390 g/mol. The molecule has 0 fully saturated rings. The number of amides is 2. The van der Waals surface area contributed by atoms with Crippen LogP contribution in [0.4, 0.5) is 13.6 Å². The predicted molar refractivity (Wildman–Crippen MR) is 93.5 cm³/mol. The Bertz CT molecular complexity index is 650. The van der Waals surface area contributed by atoms with E-state index in [1.807, 2.05) is 13.8 Å². The summed E-state index contributed by atoms with van der Waals surface area (Å²) in [5.74, 6) is -2.45. The van der Waals surface area contributed by atoms with Gasteiger partial charge in [-0.25, -0.2) is 13.6 Å². The average Bonchev–Trinajstić information content (AvgIpc) is 2.46. The molecule has 1 rings (SSSR count). The zero-order valence-electron chi connectivity index (χ0n) is 15.4. The molecule has 0 aliphatic carbocycles. The second-order valence-corrected chi connectivity index (χ2v) is 8.32. The first kappa shape index (κ1) is 22.2. The van der Waals surface area contributed by atoms with Gasteiger partial charge in [-0.2, -0.15) is 4.72 Å². The highest BCUT2D eigenvalue weighted by Crippen LogP contribution is 2.16. The fraction of sp³-hybridized carbons (Fsp3) is 0.529. The highest BCUT2D eigenvalue weighted by molar-refractivity contribution is 7.90. The summed E-state index contributed by atoms with van der Waals surface area (Å²) < 4.78 is 46.3. The third-order valence-electron chi connectivity index (χ3n) is 3.00. The fourth-order valence-corrected chi connectivity index (χ4v) is 2.89. The first-order chi connectivity index (χ1) is 11.9. The Hall–Kier alpha value is -1.87. The van der Waals surface area contributed by atoms with Crippen LogP contribution in [0.5, 0.6) is 0 Å². The third kappa shape index (κ3) is 7.57. The van der Waals surface area contributed by atoms with E-state index >= 15 is 0 Å². The first-order valence-corrected chi connectivity index (χ1v) is 9.21. The standard InChI is InChI=1S/C17H24F2N2O4S/c1-10(2)8-13(20-16(23)25-17(3,4)5)15(22)21-26(24)14-9-11(18)6-7-12(14)19/h6-7,9-10,13H,8H2,1-5H3,(H,20,23)(H,21,22)/t13-,26?/m0/s1. The van der Waals surface area contributed by atoms with Gasteiger partial charge in [0.05, 0.1) is 0 Å². The molecule has 0 saturated heterocycles. The van der Waals surface area contributed by atoms with Gasteiger partial charge in [-0.1, -0.05) is 13.8 Å². The number of carbonyl (C=O) groups excluding carboxylic acids is 2. The minimum atomic E-state index is -2.31. The highest BCUT2D eigenvalue weighted by Gasteiger charge is 2.29. The van der Waals surface area contributed by atoms with Crippen molar-refractivity contribution in [2.24, 2.45) is 5.92 Å². The molecule has 26 heavy (non-hydrogen) atoms. The molecule has 0 radical (unpaired) electrons. The number of halogens is 2. The second kappa shape index (κ2) is 9.18. The largest absolute Gasteiger partial charge is 0.588 e. The first-order valence-electron chi connectivity index (χ1n) is 8.06. The summed E-state index contributed by atoms with van der Waals surface area (Å²) in [6.07, 6.45) is -0.561. The van der Waals surface area contributed by atoms with E-state index in [0.717, 1.165) is 18.2 Å². The van der Waals surface area contributed by atoms with Crippen molar-refractivity contribution in [2.45, 2.75) is 57.6 Å². The summed E-state index contributed by atoms with van der Waals surface area (Å²) in [6, 6.07) is 1.40. The normalized spacial score (nSPS) is 13.9. The zero-order valence-corrected chi connectivity index (χ0v) is 16.2. The molecule has 2 N–H and O–H groups in total. The molecule has 2 amide bonds. The summed E-state index contributed by atoms with van der Waals surface area (Å²) in [5.41, 5.74) is -0.754. The van der Waals surface area contributed by atoms with Gasteiger partial charge in [0.15, 0.2) is 5.82 Å². The van der Waals surface area contributed by atoms with Crippen LogP contribution in [0.25, 0.3) is 0 Å². The molecular formula is C17H24F2N2O4S. The molecule has 0 aliphatic rings. The van der Waals surface area contributed by atoms with Gasteiger partial charge in [0.25, 0.3) is 5.91 Å². The number of hydrogen-bond acceptors (Lipinski definition) is 4. The summed E-state index contributed by atoms with van der Waals surface area (Å²) in [7, 11) is 0. The van der Waals surface area contributed by atoms with Crippen LogP contribution in [-0.4, -0.2) is 28.2 Å². The molecule has 1 unspecified atom stereocenters. The lowest BCUT2D eigenvalue weighted by Gasteiger charge is -2.24. The van der Waals surface area contributed by atoms with Crippen LogP contribution in [0.2, 0.25) is 0 Å². The van der Waals surface area contributed by atoms with Gasteiger partial charge < -0.3 is 14.6 Å². The molecule has 2 atom stereocenters. The second-order valence-electron chi connectivity index (χ2n) is 7.14. The number of benzene rings is 1. The molecule has 146 valence electrons. The van der Waals surface area contributed by atoms with Gasteiger partial charge in [-0.05, 0) is 45.2 Å². The van der Waals surface area contributed by atoms with E-state index in [0.29, 0.717) is 0 Å². The molecule has 0 saturated carbocycles. The number of nitrogens with one attached hydrogen (secondary N) is 2. The van der Waals surface area contributed by atoms with Crippen LogP contribution in [-0.2, 0) is 20.9 Å². The maximum atomic E-state index is 13.7. The molecule has 0 aromatic heterocycles. The molecule has 0 aliphatic heterocycles. The number of carbonyl (C=O) groups is 2. The Morgan fingerprint density at radius 2 is 1.88 bits per heavy atom. The van der Waals surface area contributed by atoms with E-state index in [1.54, 1.807) is 20.8 Å². The summed E-state index contributed by atoms with van der Waals surface area (Å²) in [6.45, 7) is 8.68. The molecule has 0 heterocycles. The van der Waals surface area contributed by atoms with Crippen LogP contribution < -0.4 is 10.0 Å². The van der Waals surface area contributed by atoms with Crippen LogP contribution in [0, 0.1) is 17.6 Å². The van der Waals surface area contributed by atoms with Crippen molar-refractivity contribution in [2.75, 3.05) is 0 Å². The smallest absolute Gasteiger partial charge is 0.408 e. The van der Waals surface area contributed by atoms with Crippen molar-refractivity contribution >= 4 is 23.4 Å². The van der Waals surface area contributed by atoms with Gasteiger partial charge in [0.2, 0.25) is 4.90 Å². The summed E-state index contributed by atoms with van der Waals surface area (Å²) >= 11 is -2.31. The van der Waals surface area contributed by atoms with Crippen molar-refractivity contribution in [1.29, 1.82) is 0 Å². The molecular weight excluding hydrogens is 366 g/mol. The Morgan fingerprint density at radius 3 is 2.42 bits per heavy atom. The topological polar surface area (TPSA) is 90.5 Å². The van der Waals surface area contributed by atoms with Crippen LogP contribution >= 0.6 is 0 Å². The maximum absolute atomic E-state index is 13.7. The van der Waals surface area contributed by atoms with E-state index in [2.05, 4.69) is 10.0 Å². The molecule has 1 aromatic carbocycles. The van der Waals surface area contributed by atoms with Crippen molar-refractivity contribution in [3.05, 3.63) is 29.8 Å². The Labute approximate surface area is 155 Å². The number of rotatable bonds is 6. The quantitative estimate of drug-likeness (QED) is 0.731. The van der Waals surface area contributed by atoms with Gasteiger partial charge in [-0.3, -0.25) is 4.79 Å². The fourth-order valence-electron chi connectivity index (χ4n) is 1.99. The zero-order chi connectivity index (χ0) is 20.1. The maximum Gasteiger partial charge on any atom is 0.408 e. The van der Waals surface area contributed by atoms with E-state index in [4.69, 9.17) is 4.74 Å². The van der Waals surface area contributed by atoms with E-state index in [-0.39, 0.29) is 12.3 Å². The molecule has 1 aromatic rings. The highest BCUT2D eigenvalue weighted by atomic mass is 32.2. The van der Waals surface area contributed by atoms with Crippen LogP contribution in [0.1, 0.15) is 41.0 Å². The molecule has 0 spiro atoms. The minimum Gasteiger partial charge on any atom is -0.588 e. The Morgan fingerprint density at radius 1 is 1.27 bits per heavy atom. The Balaban J connectivity index is 2.85. The average molecular weight is 390 g/mol.